The second kappa shape index (κ2) is 5.69. The quantitative estimate of drug-likeness (QED) is 0.668. The summed E-state index contributed by atoms with van der Waals surface area (Å²) < 4.78 is 50.6. The van der Waals surface area contributed by atoms with Crippen LogP contribution in [-0.4, -0.2) is 10.9 Å². The molecule has 8 heteroatoms. The van der Waals surface area contributed by atoms with Crippen molar-refractivity contribution in [1.82, 2.24) is 4.98 Å². The van der Waals surface area contributed by atoms with Crippen LogP contribution < -0.4 is 5.32 Å². The second-order valence-corrected chi connectivity index (χ2v) is 4.40. The molecule has 0 aliphatic carbocycles. The van der Waals surface area contributed by atoms with Crippen LogP contribution in [0.25, 0.3) is 0 Å². The normalized spacial score (nSPS) is 11.3. The van der Waals surface area contributed by atoms with Crippen molar-refractivity contribution >= 4 is 23.2 Å². The number of amides is 1. The Morgan fingerprint density at radius 1 is 1.19 bits per heavy atom. The first-order valence-electron chi connectivity index (χ1n) is 5.57. The fourth-order valence-corrected chi connectivity index (χ4v) is 1.65. The van der Waals surface area contributed by atoms with Gasteiger partial charge in [0.25, 0.3) is 5.91 Å². The molecule has 0 unspecified atom stereocenters. The van der Waals surface area contributed by atoms with Gasteiger partial charge in [0.05, 0.1) is 17.4 Å². The van der Waals surface area contributed by atoms with Crippen molar-refractivity contribution in [3.63, 3.8) is 0 Å². The third-order valence-electron chi connectivity index (χ3n) is 2.52. The fraction of sp³-hybridized carbons (Fsp3) is 0.0769. The van der Waals surface area contributed by atoms with Crippen LogP contribution in [0.5, 0.6) is 0 Å². The number of anilines is 1. The Hall–Kier alpha value is -2.15. The highest BCUT2D eigenvalue weighted by atomic mass is 35.5. The molecule has 2 aromatic rings. The fourth-order valence-electron chi connectivity index (χ4n) is 1.54. The van der Waals surface area contributed by atoms with Gasteiger partial charge in [0.15, 0.2) is 0 Å². The monoisotopic (exact) mass is 318 g/mol. The number of benzene rings is 1. The Balaban J connectivity index is 2.20. The number of carbonyl (C=O) groups is 1. The summed E-state index contributed by atoms with van der Waals surface area (Å²) in [5.41, 5.74) is -1.38. The molecule has 0 saturated carbocycles. The number of pyridine rings is 1. The van der Waals surface area contributed by atoms with E-state index < -0.39 is 23.5 Å². The zero-order valence-electron chi connectivity index (χ0n) is 10.2. The van der Waals surface area contributed by atoms with E-state index in [1.807, 2.05) is 0 Å². The Bertz CT molecular complexity index is 671. The Morgan fingerprint density at radius 2 is 1.90 bits per heavy atom. The van der Waals surface area contributed by atoms with E-state index in [1.54, 1.807) is 0 Å². The lowest BCUT2D eigenvalue weighted by Crippen LogP contribution is -2.14. The lowest BCUT2D eigenvalue weighted by atomic mass is 10.1. The molecule has 21 heavy (non-hydrogen) atoms. The van der Waals surface area contributed by atoms with Gasteiger partial charge in [-0.2, -0.15) is 13.2 Å². The summed E-state index contributed by atoms with van der Waals surface area (Å²) in [7, 11) is 0. The average Bonchev–Trinajstić information content (AvgIpc) is 2.39. The van der Waals surface area contributed by atoms with Crippen LogP contribution >= 0.6 is 11.6 Å². The van der Waals surface area contributed by atoms with E-state index in [-0.39, 0.29) is 16.4 Å². The van der Waals surface area contributed by atoms with Crippen molar-refractivity contribution < 1.29 is 22.4 Å². The van der Waals surface area contributed by atoms with Crippen molar-refractivity contribution in [2.45, 2.75) is 6.18 Å². The van der Waals surface area contributed by atoms with Gasteiger partial charge in [-0.3, -0.25) is 4.79 Å². The molecular weight excluding hydrogens is 312 g/mol. The van der Waals surface area contributed by atoms with Gasteiger partial charge in [-0.15, -0.1) is 0 Å². The molecule has 0 radical (unpaired) electrons. The van der Waals surface area contributed by atoms with E-state index in [9.17, 15) is 22.4 Å². The standard InChI is InChI=1S/C13H7ClF4N2O/c14-11-4-2-8(6-19-11)20-12(21)7-1-3-9(10(15)5-7)13(16,17)18/h1-6H,(H,20,21). The summed E-state index contributed by atoms with van der Waals surface area (Å²) >= 11 is 5.57. The van der Waals surface area contributed by atoms with Gasteiger partial charge in [-0.1, -0.05) is 11.6 Å². The predicted molar refractivity (Wildman–Crippen MR) is 68.6 cm³/mol. The van der Waals surface area contributed by atoms with Crippen LogP contribution in [0.4, 0.5) is 23.2 Å². The van der Waals surface area contributed by atoms with Gasteiger partial charge in [0.1, 0.15) is 11.0 Å². The first-order valence-corrected chi connectivity index (χ1v) is 5.95. The smallest absolute Gasteiger partial charge is 0.321 e. The number of nitrogens with one attached hydrogen (secondary N) is 1. The highest BCUT2D eigenvalue weighted by Gasteiger charge is 2.34. The summed E-state index contributed by atoms with van der Waals surface area (Å²) in [5, 5.41) is 2.58. The molecule has 1 amide bonds. The van der Waals surface area contributed by atoms with E-state index in [0.29, 0.717) is 12.1 Å². The van der Waals surface area contributed by atoms with Crippen LogP contribution in [0.3, 0.4) is 0 Å². The molecule has 0 spiro atoms. The first-order chi connectivity index (χ1) is 9.77. The molecule has 2 rings (SSSR count). The lowest BCUT2D eigenvalue weighted by Gasteiger charge is -2.09. The van der Waals surface area contributed by atoms with Crippen molar-refractivity contribution in [3.05, 3.63) is 58.6 Å². The summed E-state index contributed by atoms with van der Waals surface area (Å²) in [6.45, 7) is 0. The van der Waals surface area contributed by atoms with Gasteiger partial charge in [0, 0.05) is 5.56 Å². The van der Waals surface area contributed by atoms with Crippen LogP contribution in [0.15, 0.2) is 36.5 Å². The molecule has 1 aromatic heterocycles. The van der Waals surface area contributed by atoms with Crippen LogP contribution in [-0.2, 0) is 6.18 Å². The van der Waals surface area contributed by atoms with Crippen LogP contribution in [0, 0.1) is 5.82 Å². The van der Waals surface area contributed by atoms with Crippen molar-refractivity contribution in [3.8, 4) is 0 Å². The van der Waals surface area contributed by atoms with E-state index in [1.165, 1.54) is 18.3 Å². The number of aromatic nitrogens is 1. The molecule has 0 aliphatic heterocycles. The third kappa shape index (κ3) is 3.69. The Kier molecular flexibility index (Phi) is 4.13. The first kappa shape index (κ1) is 15.2. The van der Waals surface area contributed by atoms with Gasteiger partial charge in [0.2, 0.25) is 0 Å². The molecular formula is C13H7ClF4N2O. The maximum atomic E-state index is 13.4. The topological polar surface area (TPSA) is 42.0 Å². The molecule has 0 saturated heterocycles. The number of hydrogen-bond acceptors (Lipinski definition) is 2. The van der Waals surface area contributed by atoms with Crippen molar-refractivity contribution in [1.29, 1.82) is 0 Å². The maximum Gasteiger partial charge on any atom is 0.419 e. The van der Waals surface area contributed by atoms with Crippen LogP contribution in [0.1, 0.15) is 15.9 Å². The molecule has 1 heterocycles. The van der Waals surface area contributed by atoms with E-state index in [2.05, 4.69) is 10.3 Å². The summed E-state index contributed by atoms with van der Waals surface area (Å²) in [5.74, 6) is -2.27. The van der Waals surface area contributed by atoms with Gasteiger partial charge in [-0.25, -0.2) is 9.37 Å². The maximum absolute atomic E-state index is 13.4. The molecule has 1 N–H and O–H groups in total. The minimum absolute atomic E-state index is 0.216. The molecule has 0 fully saturated rings. The van der Waals surface area contributed by atoms with E-state index >= 15 is 0 Å². The third-order valence-corrected chi connectivity index (χ3v) is 2.75. The summed E-state index contributed by atoms with van der Waals surface area (Å²) in [6, 6.07) is 4.81. The SMILES string of the molecule is O=C(Nc1ccc(Cl)nc1)c1ccc(C(F)(F)F)c(F)c1. The number of halogens is 5. The number of alkyl halides is 3. The van der Waals surface area contributed by atoms with Gasteiger partial charge >= 0.3 is 6.18 Å². The summed E-state index contributed by atoms with van der Waals surface area (Å²) in [6.07, 6.45) is -3.54. The summed E-state index contributed by atoms with van der Waals surface area (Å²) in [4.78, 5) is 15.5. The van der Waals surface area contributed by atoms with Gasteiger partial charge < -0.3 is 5.32 Å². The average molecular weight is 319 g/mol. The lowest BCUT2D eigenvalue weighted by molar-refractivity contribution is -0.140. The molecule has 0 bridgehead atoms. The number of carbonyl (C=O) groups excluding carboxylic acids is 1. The van der Waals surface area contributed by atoms with Gasteiger partial charge in [-0.05, 0) is 30.3 Å². The zero-order chi connectivity index (χ0) is 15.6. The highest BCUT2D eigenvalue weighted by molar-refractivity contribution is 6.29. The Morgan fingerprint density at radius 3 is 2.43 bits per heavy atom. The molecule has 110 valence electrons. The van der Waals surface area contributed by atoms with E-state index in [0.717, 1.165) is 6.07 Å². The number of hydrogen-bond donors (Lipinski definition) is 1. The number of nitrogens with zero attached hydrogens (tertiary/aromatic N) is 1. The molecule has 1 aromatic carbocycles. The molecule has 3 nitrogen and oxygen atoms in total. The van der Waals surface area contributed by atoms with Crippen molar-refractivity contribution in [2.75, 3.05) is 5.32 Å². The zero-order valence-corrected chi connectivity index (χ0v) is 11.0. The number of rotatable bonds is 2. The minimum atomic E-state index is -4.81. The highest BCUT2D eigenvalue weighted by Crippen LogP contribution is 2.31. The predicted octanol–water partition coefficient (Wildman–Crippen LogP) is 4.15. The van der Waals surface area contributed by atoms with E-state index in [4.69, 9.17) is 11.6 Å². The molecule has 0 atom stereocenters. The van der Waals surface area contributed by atoms with Crippen LogP contribution in [0.2, 0.25) is 5.15 Å². The minimum Gasteiger partial charge on any atom is -0.321 e. The second-order valence-electron chi connectivity index (χ2n) is 4.02. The van der Waals surface area contributed by atoms with Crippen molar-refractivity contribution in [2.24, 2.45) is 0 Å². The Labute approximate surface area is 121 Å². The largest absolute Gasteiger partial charge is 0.419 e. The molecule has 0 aliphatic rings.